The number of nitrogens with one attached hydrogen (secondary N) is 1. The lowest BCUT2D eigenvalue weighted by Gasteiger charge is -2.02. The molecule has 2 heterocycles. The first kappa shape index (κ1) is 7.85. The lowest BCUT2D eigenvalue weighted by molar-refractivity contribution is 0.344. The summed E-state index contributed by atoms with van der Waals surface area (Å²) in [5.41, 5.74) is 6.30. The fraction of sp³-hybridized carbons (Fsp3) is 0.250. The van der Waals surface area contributed by atoms with Gasteiger partial charge < -0.3 is 10.5 Å². The molecule has 0 aromatic carbocycles. The van der Waals surface area contributed by atoms with Crippen LogP contribution in [0.1, 0.15) is 6.92 Å². The number of rotatable bonds is 2. The molecular weight excluding hydrogens is 168 g/mol. The summed E-state index contributed by atoms with van der Waals surface area (Å²) in [6.07, 6.45) is 1.66. The van der Waals surface area contributed by atoms with Crippen molar-refractivity contribution < 1.29 is 4.74 Å². The van der Waals surface area contributed by atoms with E-state index in [1.807, 2.05) is 6.92 Å². The number of aromatic nitrogens is 3. The highest BCUT2D eigenvalue weighted by Crippen LogP contribution is 2.26. The quantitative estimate of drug-likeness (QED) is 0.717. The summed E-state index contributed by atoms with van der Waals surface area (Å²) in [6, 6.07) is 1.78. The maximum atomic E-state index is 5.64. The van der Waals surface area contributed by atoms with Crippen molar-refractivity contribution >= 4 is 16.9 Å². The third-order valence-corrected chi connectivity index (χ3v) is 1.75. The molecular formula is C8H10N4O. The smallest absolute Gasteiger partial charge is 0.161 e. The van der Waals surface area contributed by atoms with E-state index >= 15 is 0 Å². The average Bonchev–Trinajstić information content (AvgIpc) is 2.50. The molecule has 0 fully saturated rings. The topological polar surface area (TPSA) is 76.8 Å². The predicted molar refractivity (Wildman–Crippen MR) is 49.5 cm³/mol. The molecule has 0 aliphatic carbocycles. The molecule has 0 bridgehead atoms. The van der Waals surface area contributed by atoms with Gasteiger partial charge in [0.05, 0.1) is 6.61 Å². The third kappa shape index (κ3) is 1.18. The van der Waals surface area contributed by atoms with E-state index in [1.54, 1.807) is 12.3 Å². The maximum Gasteiger partial charge on any atom is 0.161 e. The molecule has 0 aliphatic heterocycles. The normalized spacial score (nSPS) is 10.5. The minimum Gasteiger partial charge on any atom is -0.493 e. The van der Waals surface area contributed by atoms with E-state index in [1.165, 1.54) is 0 Å². The van der Waals surface area contributed by atoms with Gasteiger partial charge in [-0.2, -0.15) is 5.10 Å². The van der Waals surface area contributed by atoms with Gasteiger partial charge in [0.15, 0.2) is 11.5 Å². The highest BCUT2D eigenvalue weighted by molar-refractivity contribution is 5.91. The number of nitrogens with two attached hydrogens (primary N) is 1. The van der Waals surface area contributed by atoms with Crippen LogP contribution in [-0.4, -0.2) is 21.8 Å². The van der Waals surface area contributed by atoms with Crippen molar-refractivity contribution in [3.63, 3.8) is 0 Å². The fourth-order valence-electron chi connectivity index (χ4n) is 1.22. The number of H-pyrrole nitrogens is 1. The molecule has 0 saturated carbocycles. The Bertz CT molecular complexity index is 423. The number of anilines is 1. The van der Waals surface area contributed by atoms with Crippen molar-refractivity contribution in [3.05, 3.63) is 12.3 Å². The summed E-state index contributed by atoms with van der Waals surface area (Å²) in [7, 11) is 0. The first-order valence-corrected chi connectivity index (χ1v) is 4.04. The van der Waals surface area contributed by atoms with Gasteiger partial charge in [-0.25, -0.2) is 4.98 Å². The van der Waals surface area contributed by atoms with Gasteiger partial charge in [0, 0.05) is 6.20 Å². The molecule has 68 valence electrons. The Morgan fingerprint density at radius 3 is 3.23 bits per heavy atom. The standard InChI is InChI=1S/C8H10N4O/c1-2-13-5-3-4-10-8-6(5)7(9)11-12-8/h3-4H,2H2,1H3,(H3,9,10,11,12). The Morgan fingerprint density at radius 2 is 2.46 bits per heavy atom. The van der Waals surface area contributed by atoms with Crippen molar-refractivity contribution in [1.29, 1.82) is 0 Å². The molecule has 3 N–H and O–H groups in total. The van der Waals surface area contributed by atoms with E-state index in [0.29, 0.717) is 18.1 Å². The molecule has 0 amide bonds. The van der Waals surface area contributed by atoms with Crippen LogP contribution in [0.25, 0.3) is 11.0 Å². The van der Waals surface area contributed by atoms with Crippen molar-refractivity contribution in [2.24, 2.45) is 0 Å². The molecule has 0 saturated heterocycles. The van der Waals surface area contributed by atoms with Gasteiger partial charge >= 0.3 is 0 Å². The zero-order valence-electron chi connectivity index (χ0n) is 7.24. The van der Waals surface area contributed by atoms with Crippen molar-refractivity contribution in [2.75, 3.05) is 12.3 Å². The lowest BCUT2D eigenvalue weighted by atomic mass is 10.3. The molecule has 2 aromatic rings. The fourth-order valence-corrected chi connectivity index (χ4v) is 1.22. The number of aromatic amines is 1. The highest BCUT2D eigenvalue weighted by Gasteiger charge is 2.08. The highest BCUT2D eigenvalue weighted by atomic mass is 16.5. The molecule has 13 heavy (non-hydrogen) atoms. The van der Waals surface area contributed by atoms with Gasteiger partial charge in [-0.1, -0.05) is 0 Å². The van der Waals surface area contributed by atoms with Crippen LogP contribution >= 0.6 is 0 Å². The number of nitrogen functional groups attached to an aromatic ring is 1. The Labute approximate surface area is 74.9 Å². The predicted octanol–water partition coefficient (Wildman–Crippen LogP) is 0.939. The van der Waals surface area contributed by atoms with Crippen LogP contribution in [0.5, 0.6) is 5.75 Å². The summed E-state index contributed by atoms with van der Waals surface area (Å²) in [5, 5.41) is 7.32. The van der Waals surface area contributed by atoms with Gasteiger partial charge in [0.1, 0.15) is 11.1 Å². The second-order valence-corrected chi connectivity index (χ2v) is 2.57. The number of fused-ring (bicyclic) bond motifs is 1. The van der Waals surface area contributed by atoms with Crippen LogP contribution in [0.3, 0.4) is 0 Å². The second kappa shape index (κ2) is 2.93. The van der Waals surface area contributed by atoms with Gasteiger partial charge in [0.25, 0.3) is 0 Å². The molecule has 2 rings (SSSR count). The zero-order valence-corrected chi connectivity index (χ0v) is 7.24. The Balaban J connectivity index is 2.65. The van der Waals surface area contributed by atoms with Crippen LogP contribution in [0.2, 0.25) is 0 Å². The monoisotopic (exact) mass is 178 g/mol. The number of ether oxygens (including phenoxy) is 1. The van der Waals surface area contributed by atoms with Crippen molar-refractivity contribution in [2.45, 2.75) is 6.92 Å². The summed E-state index contributed by atoms with van der Waals surface area (Å²) < 4.78 is 5.38. The average molecular weight is 178 g/mol. The van der Waals surface area contributed by atoms with Gasteiger partial charge in [0.2, 0.25) is 0 Å². The summed E-state index contributed by atoms with van der Waals surface area (Å²) in [6.45, 7) is 2.52. The van der Waals surface area contributed by atoms with E-state index in [2.05, 4.69) is 15.2 Å². The minimum atomic E-state index is 0.423. The van der Waals surface area contributed by atoms with E-state index < -0.39 is 0 Å². The second-order valence-electron chi connectivity index (χ2n) is 2.57. The molecule has 0 spiro atoms. The largest absolute Gasteiger partial charge is 0.493 e. The van der Waals surface area contributed by atoms with Gasteiger partial charge in [-0.15, -0.1) is 0 Å². The third-order valence-electron chi connectivity index (χ3n) is 1.75. The SMILES string of the molecule is CCOc1ccnc2[nH]nc(N)c12. The summed E-state index contributed by atoms with van der Waals surface area (Å²) >= 11 is 0. The molecule has 5 nitrogen and oxygen atoms in total. The van der Waals surface area contributed by atoms with E-state index in [-0.39, 0.29) is 0 Å². The number of hydrogen-bond acceptors (Lipinski definition) is 4. The number of nitrogens with zero attached hydrogens (tertiary/aromatic N) is 2. The summed E-state index contributed by atoms with van der Waals surface area (Å²) in [4.78, 5) is 4.07. The number of hydrogen-bond donors (Lipinski definition) is 2. The van der Waals surface area contributed by atoms with Crippen LogP contribution in [0, 0.1) is 0 Å². The van der Waals surface area contributed by atoms with Crippen LogP contribution < -0.4 is 10.5 Å². The maximum absolute atomic E-state index is 5.64. The molecule has 0 radical (unpaired) electrons. The zero-order chi connectivity index (χ0) is 9.26. The molecule has 5 heteroatoms. The molecule has 0 aliphatic rings. The Kier molecular flexibility index (Phi) is 1.77. The molecule has 2 aromatic heterocycles. The van der Waals surface area contributed by atoms with E-state index in [9.17, 15) is 0 Å². The van der Waals surface area contributed by atoms with E-state index in [4.69, 9.17) is 10.5 Å². The van der Waals surface area contributed by atoms with Crippen LogP contribution in [-0.2, 0) is 0 Å². The first-order valence-electron chi connectivity index (χ1n) is 4.04. The van der Waals surface area contributed by atoms with Crippen molar-refractivity contribution in [3.8, 4) is 5.75 Å². The van der Waals surface area contributed by atoms with E-state index in [0.717, 1.165) is 11.1 Å². The van der Waals surface area contributed by atoms with Crippen LogP contribution in [0.4, 0.5) is 5.82 Å². The Hall–Kier alpha value is -1.78. The summed E-state index contributed by atoms with van der Waals surface area (Å²) in [5.74, 6) is 1.14. The molecule has 0 atom stereocenters. The Morgan fingerprint density at radius 1 is 1.62 bits per heavy atom. The van der Waals surface area contributed by atoms with Crippen LogP contribution in [0.15, 0.2) is 12.3 Å². The van der Waals surface area contributed by atoms with Gasteiger partial charge in [-0.3, -0.25) is 5.10 Å². The minimum absolute atomic E-state index is 0.423. The van der Waals surface area contributed by atoms with Crippen molar-refractivity contribution in [1.82, 2.24) is 15.2 Å². The lowest BCUT2D eigenvalue weighted by Crippen LogP contribution is -1.94. The number of pyridine rings is 1. The molecule has 0 unspecified atom stereocenters. The first-order chi connectivity index (χ1) is 6.33. The van der Waals surface area contributed by atoms with Gasteiger partial charge in [-0.05, 0) is 13.0 Å².